The topological polar surface area (TPSA) is 76.2 Å². The van der Waals surface area contributed by atoms with Crippen molar-refractivity contribution in [1.29, 1.82) is 0 Å². The molecule has 30 heavy (non-hydrogen) atoms. The van der Waals surface area contributed by atoms with Crippen LogP contribution in [-0.2, 0) is 21.4 Å². The minimum atomic E-state index is -3.60. The third-order valence-corrected chi connectivity index (χ3v) is 7.27. The zero-order chi connectivity index (χ0) is 21.7. The first-order valence-corrected chi connectivity index (χ1v) is 11.3. The Morgan fingerprint density at radius 2 is 1.87 bits per heavy atom. The Morgan fingerprint density at radius 3 is 2.53 bits per heavy atom. The summed E-state index contributed by atoms with van der Waals surface area (Å²) >= 11 is 0. The van der Waals surface area contributed by atoms with Crippen LogP contribution in [0.25, 0.3) is 0 Å². The summed E-state index contributed by atoms with van der Waals surface area (Å²) in [7, 11) is 1.29. The molecule has 0 N–H and O–H groups in total. The first kappa shape index (κ1) is 22.1. The predicted molar refractivity (Wildman–Crippen MR) is 114 cm³/mol. The van der Waals surface area contributed by atoms with Crippen molar-refractivity contribution >= 4 is 15.9 Å². The minimum absolute atomic E-state index is 0.0687. The summed E-state index contributed by atoms with van der Waals surface area (Å²) in [6.45, 7) is 0.991. The quantitative estimate of drug-likeness (QED) is 0.673. The fraction of sp³-hybridized carbons (Fsp3) is 0.409. The Hall–Kier alpha value is -2.58. The number of nitrogens with zero attached hydrogens (tertiary/aromatic N) is 2. The van der Waals surface area contributed by atoms with Gasteiger partial charge in [-0.3, -0.25) is 4.79 Å². The van der Waals surface area contributed by atoms with Gasteiger partial charge in [-0.15, -0.1) is 0 Å². The van der Waals surface area contributed by atoms with E-state index in [1.54, 1.807) is 62.6 Å². The largest absolute Gasteiger partial charge is 0.497 e. The zero-order valence-corrected chi connectivity index (χ0v) is 18.4. The molecule has 8 heteroatoms. The molecule has 2 aromatic rings. The molecule has 1 aliphatic rings. The summed E-state index contributed by atoms with van der Waals surface area (Å²) in [5.74, 6) is 0.886. The maximum Gasteiger partial charge on any atom is 0.243 e. The van der Waals surface area contributed by atoms with Gasteiger partial charge in [0.05, 0.1) is 25.0 Å². The minimum Gasteiger partial charge on any atom is -0.497 e. The molecule has 1 unspecified atom stereocenters. The second kappa shape index (κ2) is 9.49. The van der Waals surface area contributed by atoms with Crippen LogP contribution in [0.4, 0.5) is 0 Å². The number of hydrogen-bond donors (Lipinski definition) is 0. The molecule has 1 aliphatic heterocycles. The summed E-state index contributed by atoms with van der Waals surface area (Å²) in [4.78, 5) is 15.0. The Labute approximate surface area is 178 Å². The van der Waals surface area contributed by atoms with Gasteiger partial charge < -0.3 is 14.4 Å². The van der Waals surface area contributed by atoms with Gasteiger partial charge in [0.1, 0.15) is 11.5 Å². The van der Waals surface area contributed by atoms with E-state index in [2.05, 4.69) is 0 Å². The molecule has 0 radical (unpaired) electrons. The highest BCUT2D eigenvalue weighted by atomic mass is 32.2. The van der Waals surface area contributed by atoms with Gasteiger partial charge in [0.15, 0.2) is 0 Å². The molecule has 0 aliphatic carbocycles. The number of hydrogen-bond acceptors (Lipinski definition) is 5. The number of methoxy groups -OCH3 is 2. The van der Waals surface area contributed by atoms with Gasteiger partial charge in [0, 0.05) is 38.3 Å². The second-order valence-electron chi connectivity index (χ2n) is 7.39. The number of benzene rings is 2. The highest BCUT2D eigenvalue weighted by molar-refractivity contribution is 7.89. The summed E-state index contributed by atoms with van der Waals surface area (Å²) in [5.41, 5.74) is 0.860. The van der Waals surface area contributed by atoms with Gasteiger partial charge in [-0.2, -0.15) is 4.31 Å². The molecule has 0 bridgehead atoms. The summed E-state index contributed by atoms with van der Waals surface area (Å²) < 4.78 is 37.9. The smallest absolute Gasteiger partial charge is 0.243 e. The van der Waals surface area contributed by atoms with Crippen molar-refractivity contribution < 1.29 is 22.7 Å². The molecule has 1 amide bonds. The van der Waals surface area contributed by atoms with Crippen molar-refractivity contribution in [2.45, 2.75) is 24.3 Å². The molecule has 3 rings (SSSR count). The number of ether oxygens (including phenoxy) is 2. The van der Waals surface area contributed by atoms with E-state index in [0.717, 1.165) is 5.56 Å². The van der Waals surface area contributed by atoms with Crippen LogP contribution in [0.5, 0.6) is 11.5 Å². The predicted octanol–water partition coefficient (Wildman–Crippen LogP) is 2.76. The van der Waals surface area contributed by atoms with Crippen molar-refractivity contribution in [3.63, 3.8) is 0 Å². The van der Waals surface area contributed by atoms with E-state index in [4.69, 9.17) is 9.47 Å². The lowest BCUT2D eigenvalue weighted by molar-refractivity contribution is -0.135. The molecule has 1 saturated heterocycles. The molecular formula is C22H28N2O5S. The molecule has 1 atom stereocenters. The fourth-order valence-electron chi connectivity index (χ4n) is 3.73. The lowest BCUT2D eigenvalue weighted by Gasteiger charge is -2.33. The molecule has 1 heterocycles. The lowest BCUT2D eigenvalue weighted by atomic mass is 9.98. The Morgan fingerprint density at radius 1 is 1.13 bits per heavy atom. The van der Waals surface area contributed by atoms with Crippen LogP contribution in [0.15, 0.2) is 53.4 Å². The monoisotopic (exact) mass is 432 g/mol. The molecular weight excluding hydrogens is 404 g/mol. The Bertz CT molecular complexity index is 978. The van der Waals surface area contributed by atoms with Crippen molar-refractivity contribution in [3.8, 4) is 11.5 Å². The third kappa shape index (κ3) is 4.76. The zero-order valence-electron chi connectivity index (χ0n) is 17.6. The average Bonchev–Trinajstić information content (AvgIpc) is 2.79. The van der Waals surface area contributed by atoms with Gasteiger partial charge in [-0.05, 0) is 37.1 Å². The number of piperidine rings is 1. The maximum atomic E-state index is 13.1. The van der Waals surface area contributed by atoms with Crippen LogP contribution in [0.3, 0.4) is 0 Å². The molecule has 1 fully saturated rings. The summed E-state index contributed by atoms with van der Waals surface area (Å²) in [6.07, 6.45) is 1.33. The van der Waals surface area contributed by atoms with Crippen molar-refractivity contribution in [1.82, 2.24) is 9.21 Å². The SMILES string of the molecule is COc1ccc(CN(C)C(=O)C2CCCN(S(=O)(=O)c3ccccc3)C2)c(OC)c1. The third-order valence-electron chi connectivity index (χ3n) is 5.39. The first-order chi connectivity index (χ1) is 14.4. The van der Waals surface area contributed by atoms with Crippen LogP contribution in [-0.4, -0.2) is 57.9 Å². The highest BCUT2D eigenvalue weighted by Crippen LogP contribution is 2.28. The van der Waals surface area contributed by atoms with E-state index in [1.807, 2.05) is 12.1 Å². The number of amides is 1. The van der Waals surface area contributed by atoms with Gasteiger partial charge in [0.2, 0.25) is 15.9 Å². The molecule has 0 saturated carbocycles. The number of carbonyl (C=O) groups is 1. The van der Waals surface area contributed by atoms with Gasteiger partial charge >= 0.3 is 0 Å². The van der Waals surface area contributed by atoms with E-state index in [9.17, 15) is 13.2 Å². The van der Waals surface area contributed by atoms with E-state index in [-0.39, 0.29) is 23.3 Å². The summed E-state index contributed by atoms with van der Waals surface area (Å²) in [6, 6.07) is 13.8. The van der Waals surface area contributed by atoms with E-state index >= 15 is 0 Å². The van der Waals surface area contributed by atoms with E-state index < -0.39 is 10.0 Å². The van der Waals surface area contributed by atoms with Crippen LogP contribution in [0.2, 0.25) is 0 Å². The number of carbonyl (C=O) groups excluding carboxylic acids is 1. The van der Waals surface area contributed by atoms with Gasteiger partial charge in [-0.1, -0.05) is 18.2 Å². The second-order valence-corrected chi connectivity index (χ2v) is 9.33. The first-order valence-electron chi connectivity index (χ1n) is 9.88. The normalized spacial score (nSPS) is 17.4. The van der Waals surface area contributed by atoms with Crippen molar-refractivity contribution in [2.75, 3.05) is 34.4 Å². The number of rotatable bonds is 7. The molecule has 162 valence electrons. The van der Waals surface area contributed by atoms with E-state index in [1.165, 1.54) is 4.31 Å². The highest BCUT2D eigenvalue weighted by Gasteiger charge is 2.34. The van der Waals surface area contributed by atoms with Crippen LogP contribution in [0, 0.1) is 5.92 Å². The van der Waals surface area contributed by atoms with Crippen molar-refractivity contribution in [3.05, 3.63) is 54.1 Å². The molecule has 0 aromatic heterocycles. The van der Waals surface area contributed by atoms with Gasteiger partial charge in [0.25, 0.3) is 0 Å². The van der Waals surface area contributed by atoms with Crippen LogP contribution in [0.1, 0.15) is 18.4 Å². The molecule has 7 nitrogen and oxygen atoms in total. The maximum absolute atomic E-state index is 13.1. The standard InChI is InChI=1S/C22H28N2O5S/c1-23(15-17-11-12-19(28-2)14-21(17)29-3)22(25)18-8-7-13-24(16-18)30(26,27)20-9-5-4-6-10-20/h4-6,9-12,14,18H,7-8,13,15-16H2,1-3H3. The summed E-state index contributed by atoms with van der Waals surface area (Å²) in [5, 5.41) is 0. The van der Waals surface area contributed by atoms with Crippen molar-refractivity contribution in [2.24, 2.45) is 5.92 Å². The average molecular weight is 433 g/mol. The van der Waals surface area contributed by atoms with E-state index in [0.29, 0.717) is 37.4 Å². The fourth-order valence-corrected chi connectivity index (χ4v) is 5.28. The Balaban J connectivity index is 1.71. The lowest BCUT2D eigenvalue weighted by Crippen LogP contribution is -2.45. The van der Waals surface area contributed by atoms with Crippen LogP contribution >= 0.6 is 0 Å². The van der Waals surface area contributed by atoms with Crippen LogP contribution < -0.4 is 9.47 Å². The molecule has 0 spiro atoms. The van der Waals surface area contributed by atoms with Gasteiger partial charge in [-0.25, -0.2) is 8.42 Å². The Kier molecular flexibility index (Phi) is 6.99. The molecule has 2 aromatic carbocycles. The number of sulfonamides is 1.